The number of piperidine rings is 1. The number of hydrogen-bond donors (Lipinski definition) is 2. The molecule has 1 fully saturated rings. The quantitative estimate of drug-likeness (QED) is 0.898. The zero-order valence-electron chi connectivity index (χ0n) is 14.8. The Labute approximate surface area is 142 Å². The van der Waals surface area contributed by atoms with Crippen LogP contribution in [-0.4, -0.2) is 49.9 Å². The van der Waals surface area contributed by atoms with Crippen molar-refractivity contribution in [2.24, 2.45) is 7.05 Å². The third-order valence-corrected chi connectivity index (χ3v) is 5.10. The lowest BCUT2D eigenvalue weighted by molar-refractivity contribution is -0.121. The Morgan fingerprint density at radius 3 is 2.88 bits per heavy atom. The van der Waals surface area contributed by atoms with E-state index in [1.54, 1.807) is 10.9 Å². The van der Waals surface area contributed by atoms with E-state index in [4.69, 9.17) is 0 Å². The largest absolute Gasteiger partial charge is 0.322 e. The van der Waals surface area contributed by atoms with Crippen molar-refractivity contribution >= 4 is 11.6 Å². The maximum atomic E-state index is 12.7. The summed E-state index contributed by atoms with van der Waals surface area (Å²) in [4.78, 5) is 15.0. The number of nitrogens with one attached hydrogen (secondary N) is 2. The highest BCUT2D eigenvalue weighted by Crippen LogP contribution is 2.27. The second-order valence-electron chi connectivity index (χ2n) is 6.68. The lowest BCUT2D eigenvalue weighted by atomic mass is 9.94. The van der Waals surface area contributed by atoms with Gasteiger partial charge in [0.2, 0.25) is 5.91 Å². The fraction of sp³-hybridized carbons (Fsp3) is 0.588. The van der Waals surface area contributed by atoms with E-state index in [1.165, 1.54) is 0 Å². The Balaban J connectivity index is 1.66. The van der Waals surface area contributed by atoms with Crippen LogP contribution in [0.3, 0.4) is 0 Å². The summed E-state index contributed by atoms with van der Waals surface area (Å²) in [6, 6.07) is 1.86. The van der Waals surface area contributed by atoms with E-state index in [1.807, 2.05) is 33.9 Å². The van der Waals surface area contributed by atoms with Crippen LogP contribution in [0.5, 0.6) is 0 Å². The molecule has 2 aromatic heterocycles. The Morgan fingerprint density at radius 2 is 2.25 bits per heavy atom. The number of aryl methyl sites for hydroxylation is 2. The molecule has 2 N–H and O–H groups in total. The SMILES string of the molecule is Cc1nn(C)c(C)c1NC(=O)[C@@H](C)N1CCC[C@H](c2ccn[nH]2)C1. The lowest BCUT2D eigenvalue weighted by Crippen LogP contribution is -2.46. The second-order valence-corrected chi connectivity index (χ2v) is 6.68. The average Bonchev–Trinajstić information content (AvgIpc) is 3.19. The fourth-order valence-corrected chi connectivity index (χ4v) is 3.45. The molecule has 0 bridgehead atoms. The van der Waals surface area contributed by atoms with Gasteiger partial charge < -0.3 is 5.32 Å². The molecule has 2 aromatic rings. The Morgan fingerprint density at radius 1 is 1.46 bits per heavy atom. The Kier molecular flexibility index (Phi) is 4.71. The van der Waals surface area contributed by atoms with Crippen molar-refractivity contribution in [2.45, 2.75) is 45.6 Å². The zero-order valence-corrected chi connectivity index (χ0v) is 14.8. The summed E-state index contributed by atoms with van der Waals surface area (Å²) in [5, 5.41) is 14.5. The van der Waals surface area contributed by atoms with Crippen LogP contribution in [0.25, 0.3) is 0 Å². The topological polar surface area (TPSA) is 78.8 Å². The molecule has 1 aliphatic heterocycles. The number of likely N-dealkylation sites (tertiary alicyclic amines) is 1. The van der Waals surface area contributed by atoms with Gasteiger partial charge in [0.05, 0.1) is 23.1 Å². The number of amides is 1. The van der Waals surface area contributed by atoms with Crippen LogP contribution < -0.4 is 5.32 Å². The van der Waals surface area contributed by atoms with E-state index in [9.17, 15) is 4.79 Å². The second kappa shape index (κ2) is 6.76. The molecule has 0 saturated carbocycles. The van der Waals surface area contributed by atoms with Gasteiger partial charge in [0.15, 0.2) is 0 Å². The first-order valence-corrected chi connectivity index (χ1v) is 8.51. The third kappa shape index (κ3) is 3.21. The van der Waals surface area contributed by atoms with E-state index in [0.29, 0.717) is 5.92 Å². The van der Waals surface area contributed by atoms with Crippen LogP contribution in [0.4, 0.5) is 5.69 Å². The number of anilines is 1. The van der Waals surface area contributed by atoms with Crippen molar-refractivity contribution in [1.29, 1.82) is 0 Å². The number of aromatic nitrogens is 4. The summed E-state index contributed by atoms with van der Waals surface area (Å²) in [7, 11) is 1.89. The van der Waals surface area contributed by atoms with Crippen LogP contribution in [0, 0.1) is 13.8 Å². The van der Waals surface area contributed by atoms with Crippen molar-refractivity contribution in [3.8, 4) is 0 Å². The minimum absolute atomic E-state index is 0.0273. The minimum Gasteiger partial charge on any atom is -0.322 e. The van der Waals surface area contributed by atoms with Gasteiger partial charge in [-0.2, -0.15) is 10.2 Å². The minimum atomic E-state index is -0.172. The van der Waals surface area contributed by atoms with Crippen LogP contribution in [0.1, 0.15) is 42.8 Å². The molecule has 0 aliphatic carbocycles. The number of aromatic amines is 1. The number of carbonyl (C=O) groups is 1. The van der Waals surface area contributed by atoms with Crippen LogP contribution in [0.2, 0.25) is 0 Å². The van der Waals surface area contributed by atoms with Crippen LogP contribution in [0.15, 0.2) is 12.3 Å². The monoisotopic (exact) mass is 330 g/mol. The molecule has 0 spiro atoms. The highest BCUT2D eigenvalue weighted by Gasteiger charge is 2.29. The van der Waals surface area contributed by atoms with Crippen molar-refractivity contribution in [2.75, 3.05) is 18.4 Å². The van der Waals surface area contributed by atoms with E-state index in [0.717, 1.165) is 48.7 Å². The summed E-state index contributed by atoms with van der Waals surface area (Å²) in [6.07, 6.45) is 4.01. The van der Waals surface area contributed by atoms with Crippen molar-refractivity contribution in [3.05, 3.63) is 29.3 Å². The summed E-state index contributed by atoms with van der Waals surface area (Å²) < 4.78 is 1.80. The van der Waals surface area contributed by atoms with Gasteiger partial charge in [0.25, 0.3) is 0 Å². The zero-order chi connectivity index (χ0) is 17.3. The summed E-state index contributed by atoms with van der Waals surface area (Å²) in [6.45, 7) is 7.69. The molecule has 0 unspecified atom stereocenters. The first kappa shape index (κ1) is 16.7. The van der Waals surface area contributed by atoms with Gasteiger partial charge in [-0.3, -0.25) is 19.5 Å². The predicted molar refractivity (Wildman–Crippen MR) is 92.9 cm³/mol. The van der Waals surface area contributed by atoms with E-state index in [2.05, 4.69) is 25.5 Å². The maximum Gasteiger partial charge on any atom is 0.241 e. The molecule has 3 heterocycles. The standard InChI is InChI=1S/C17H26N6O/c1-11-16(12(2)22(4)21-11)19-17(24)13(3)23-9-5-6-14(10-23)15-7-8-18-20-15/h7-8,13-14H,5-6,9-10H2,1-4H3,(H,18,20)(H,19,24)/t13-,14+/m1/s1. The molecular weight excluding hydrogens is 304 g/mol. The van der Waals surface area contributed by atoms with Gasteiger partial charge >= 0.3 is 0 Å². The number of nitrogens with zero attached hydrogens (tertiary/aromatic N) is 4. The summed E-state index contributed by atoms with van der Waals surface area (Å²) in [5.74, 6) is 0.442. The van der Waals surface area contributed by atoms with Gasteiger partial charge in [0, 0.05) is 31.4 Å². The summed E-state index contributed by atoms with van der Waals surface area (Å²) in [5.41, 5.74) is 3.81. The molecule has 1 aliphatic rings. The average molecular weight is 330 g/mol. The molecule has 1 amide bonds. The summed E-state index contributed by atoms with van der Waals surface area (Å²) >= 11 is 0. The van der Waals surface area contributed by atoms with Gasteiger partial charge in [-0.15, -0.1) is 0 Å². The maximum absolute atomic E-state index is 12.7. The number of hydrogen-bond acceptors (Lipinski definition) is 4. The number of rotatable bonds is 4. The van der Waals surface area contributed by atoms with Crippen molar-refractivity contribution in [1.82, 2.24) is 24.9 Å². The normalized spacial score (nSPS) is 20.1. The smallest absolute Gasteiger partial charge is 0.241 e. The van der Waals surface area contributed by atoms with Gasteiger partial charge in [-0.25, -0.2) is 0 Å². The van der Waals surface area contributed by atoms with Crippen LogP contribution in [-0.2, 0) is 11.8 Å². The number of H-pyrrole nitrogens is 1. The first-order chi connectivity index (χ1) is 11.5. The molecule has 7 nitrogen and oxygen atoms in total. The Bertz CT molecular complexity index is 705. The van der Waals surface area contributed by atoms with E-state index in [-0.39, 0.29) is 11.9 Å². The third-order valence-electron chi connectivity index (χ3n) is 5.10. The van der Waals surface area contributed by atoms with E-state index >= 15 is 0 Å². The highest BCUT2D eigenvalue weighted by atomic mass is 16.2. The van der Waals surface area contributed by atoms with Gasteiger partial charge in [-0.1, -0.05) is 0 Å². The van der Waals surface area contributed by atoms with Crippen molar-refractivity contribution < 1.29 is 4.79 Å². The molecule has 2 atom stereocenters. The van der Waals surface area contributed by atoms with E-state index < -0.39 is 0 Å². The molecule has 130 valence electrons. The molecule has 0 radical (unpaired) electrons. The van der Waals surface area contributed by atoms with Crippen LogP contribution >= 0.6 is 0 Å². The highest BCUT2D eigenvalue weighted by molar-refractivity contribution is 5.95. The first-order valence-electron chi connectivity index (χ1n) is 8.51. The van der Waals surface area contributed by atoms with Crippen molar-refractivity contribution in [3.63, 3.8) is 0 Å². The number of carbonyl (C=O) groups excluding carboxylic acids is 1. The fourth-order valence-electron chi connectivity index (χ4n) is 3.45. The molecular formula is C17H26N6O. The molecule has 0 aromatic carbocycles. The molecule has 24 heavy (non-hydrogen) atoms. The molecule has 1 saturated heterocycles. The van der Waals surface area contributed by atoms with Gasteiger partial charge in [0.1, 0.15) is 0 Å². The lowest BCUT2D eigenvalue weighted by Gasteiger charge is -2.35. The van der Waals surface area contributed by atoms with Gasteiger partial charge in [-0.05, 0) is 46.2 Å². The molecule has 7 heteroatoms. The Hall–Kier alpha value is -2.15. The molecule has 3 rings (SSSR count). The predicted octanol–water partition coefficient (Wildman–Crippen LogP) is 1.97.